The van der Waals surface area contributed by atoms with Crippen molar-refractivity contribution in [3.05, 3.63) is 66.2 Å². The van der Waals surface area contributed by atoms with Gasteiger partial charge in [-0.1, -0.05) is 31.2 Å². The smallest absolute Gasteiger partial charge is 0.241 e. The van der Waals surface area contributed by atoms with E-state index in [0.717, 1.165) is 5.56 Å². The molecule has 0 saturated heterocycles. The number of anilines is 1. The summed E-state index contributed by atoms with van der Waals surface area (Å²) in [7, 11) is -3.98. The summed E-state index contributed by atoms with van der Waals surface area (Å²) in [4.78, 5) is 17.8. The van der Waals surface area contributed by atoms with Crippen molar-refractivity contribution < 1.29 is 38.6 Å². The molecule has 0 unspecified atom stereocenters. The van der Waals surface area contributed by atoms with Crippen molar-refractivity contribution in [1.82, 2.24) is 9.71 Å². The first-order valence-corrected chi connectivity index (χ1v) is 13.8. The summed E-state index contributed by atoms with van der Waals surface area (Å²) in [6, 6.07) is 16.9. The lowest BCUT2D eigenvalue weighted by Crippen LogP contribution is -2.53. The van der Waals surface area contributed by atoms with Crippen LogP contribution in [-0.4, -0.2) is 55.1 Å². The summed E-state index contributed by atoms with van der Waals surface area (Å²) in [5.41, 5.74) is 0.100. The fraction of sp³-hybridized carbons (Fsp3) is 0.333. The number of sulfonamides is 1. The molecule has 0 bridgehead atoms. The SMILES string of the molecule is CCC(CO)(CO)NS(=O)(=O)c1ccc(-c2cccc(NC(=O)C3(c4ccc5c(c4)OCO5)CC3)n2)cc1.[HH].[HH].[HH].[HH]. The summed E-state index contributed by atoms with van der Waals surface area (Å²) >= 11 is 0. The van der Waals surface area contributed by atoms with Crippen molar-refractivity contribution in [3.63, 3.8) is 0 Å². The third-order valence-corrected chi connectivity index (χ3v) is 8.79. The average molecular weight is 548 g/mol. The largest absolute Gasteiger partial charge is 0.454 e. The van der Waals surface area contributed by atoms with Crippen LogP contribution >= 0.6 is 0 Å². The topological polar surface area (TPSA) is 147 Å². The normalized spacial score (nSPS) is 15.8. The fourth-order valence-corrected chi connectivity index (χ4v) is 5.88. The van der Waals surface area contributed by atoms with Gasteiger partial charge in [-0.3, -0.25) is 4.79 Å². The molecular formula is C27H37N3O7S. The van der Waals surface area contributed by atoms with Crippen molar-refractivity contribution >= 4 is 21.7 Å². The Morgan fingerprint density at radius 2 is 1.76 bits per heavy atom. The predicted molar refractivity (Wildman–Crippen MR) is 148 cm³/mol. The number of nitrogens with zero attached hydrogens (tertiary/aromatic N) is 1. The minimum Gasteiger partial charge on any atom is -0.454 e. The van der Waals surface area contributed by atoms with Crippen LogP contribution in [0, 0.1) is 0 Å². The van der Waals surface area contributed by atoms with Crippen LogP contribution in [0.3, 0.4) is 0 Å². The number of carbonyl (C=O) groups is 1. The number of fused-ring (bicyclic) bond motifs is 1. The molecule has 4 N–H and O–H groups in total. The van der Waals surface area contributed by atoms with E-state index in [2.05, 4.69) is 15.0 Å². The monoisotopic (exact) mass is 547 g/mol. The molecule has 1 aliphatic carbocycles. The standard InChI is InChI=1S/C27H29N3O7S.4H2/c1-2-26(15-31,16-32)30-38(34,35)20-9-6-18(7-10-20)21-4-3-5-24(28-21)29-25(33)27(12-13-27)19-8-11-22-23(14-19)37-17-36-22;;;;/h3-11,14,30-32H,2,12-13,15-17H2,1H3,(H,28,29,33);4*1H. The Hall–Kier alpha value is -3.51. The van der Waals surface area contributed by atoms with Crippen LogP contribution < -0.4 is 19.5 Å². The molecule has 1 fully saturated rings. The van der Waals surface area contributed by atoms with Crippen molar-refractivity contribution in [2.24, 2.45) is 0 Å². The van der Waals surface area contributed by atoms with E-state index in [-0.39, 0.29) is 29.7 Å². The quantitative estimate of drug-likeness (QED) is 0.301. The molecule has 1 aromatic heterocycles. The maximum atomic E-state index is 13.3. The highest BCUT2D eigenvalue weighted by Crippen LogP contribution is 2.51. The Morgan fingerprint density at radius 3 is 2.42 bits per heavy atom. The fourth-order valence-electron chi connectivity index (χ4n) is 4.43. The van der Waals surface area contributed by atoms with E-state index in [1.807, 2.05) is 18.2 Å². The molecule has 2 heterocycles. The number of hydrogen-bond donors (Lipinski definition) is 4. The van der Waals surface area contributed by atoms with Crippen molar-refractivity contribution in [1.29, 1.82) is 0 Å². The van der Waals surface area contributed by atoms with E-state index < -0.39 is 34.2 Å². The van der Waals surface area contributed by atoms with Crippen molar-refractivity contribution in [2.75, 3.05) is 25.3 Å². The van der Waals surface area contributed by atoms with Gasteiger partial charge in [-0.2, -0.15) is 0 Å². The molecule has 1 saturated carbocycles. The lowest BCUT2D eigenvalue weighted by Gasteiger charge is -2.29. The van der Waals surface area contributed by atoms with Gasteiger partial charge in [0.2, 0.25) is 22.7 Å². The van der Waals surface area contributed by atoms with Crippen LogP contribution in [0.4, 0.5) is 5.82 Å². The van der Waals surface area contributed by atoms with Crippen molar-refractivity contribution in [3.8, 4) is 22.8 Å². The zero-order chi connectivity index (χ0) is 27.0. The summed E-state index contributed by atoms with van der Waals surface area (Å²) in [6.07, 6.45) is 1.65. The molecule has 1 amide bonds. The number of carbonyl (C=O) groups excluding carboxylic acids is 1. The minimum absolute atomic E-state index is 0. The molecule has 2 aliphatic rings. The lowest BCUT2D eigenvalue weighted by molar-refractivity contribution is -0.118. The van der Waals surface area contributed by atoms with E-state index in [1.165, 1.54) is 12.1 Å². The van der Waals surface area contributed by atoms with E-state index in [0.29, 0.717) is 41.4 Å². The zero-order valence-corrected chi connectivity index (χ0v) is 21.6. The van der Waals surface area contributed by atoms with E-state index in [9.17, 15) is 23.4 Å². The highest BCUT2D eigenvalue weighted by Gasteiger charge is 2.51. The Kier molecular flexibility index (Phi) is 6.86. The van der Waals surface area contributed by atoms with Gasteiger partial charge in [-0.25, -0.2) is 18.1 Å². The van der Waals surface area contributed by atoms with Crippen LogP contribution in [0.15, 0.2) is 65.6 Å². The van der Waals surface area contributed by atoms with Gasteiger partial charge in [-0.15, -0.1) is 0 Å². The second-order valence-electron chi connectivity index (χ2n) is 9.59. The second-order valence-corrected chi connectivity index (χ2v) is 11.3. The van der Waals surface area contributed by atoms with Crippen LogP contribution in [-0.2, 0) is 20.2 Å². The lowest BCUT2D eigenvalue weighted by atomic mass is 9.94. The first-order valence-electron chi connectivity index (χ1n) is 12.3. The molecule has 0 atom stereocenters. The molecule has 3 aromatic rings. The number of aliphatic hydroxyl groups is 2. The number of rotatable bonds is 10. The molecule has 0 radical (unpaired) electrons. The Labute approximate surface area is 226 Å². The van der Waals surface area contributed by atoms with Crippen LogP contribution in [0.2, 0.25) is 0 Å². The van der Waals surface area contributed by atoms with Crippen LogP contribution in [0.5, 0.6) is 11.5 Å². The van der Waals surface area contributed by atoms with Gasteiger partial charge in [0.1, 0.15) is 5.82 Å². The predicted octanol–water partition coefficient (Wildman–Crippen LogP) is 3.54. The Balaban J connectivity index is 0.00000220. The molecule has 0 spiro atoms. The zero-order valence-electron chi connectivity index (χ0n) is 20.8. The molecule has 38 heavy (non-hydrogen) atoms. The third kappa shape index (κ3) is 4.85. The van der Waals surface area contributed by atoms with Gasteiger partial charge in [0.25, 0.3) is 0 Å². The number of nitrogens with one attached hydrogen (secondary N) is 2. The maximum absolute atomic E-state index is 13.3. The van der Waals surface area contributed by atoms with Crippen LogP contribution in [0.25, 0.3) is 11.3 Å². The molecule has 10 nitrogen and oxygen atoms in total. The number of amides is 1. The average Bonchev–Trinajstić information content (AvgIpc) is 3.62. The number of hydrogen-bond acceptors (Lipinski definition) is 8. The van der Waals surface area contributed by atoms with Gasteiger partial charge >= 0.3 is 0 Å². The first-order chi connectivity index (χ1) is 18.2. The van der Waals surface area contributed by atoms with E-state index in [1.54, 1.807) is 37.3 Å². The summed E-state index contributed by atoms with van der Waals surface area (Å²) in [5.74, 6) is 1.54. The first kappa shape index (κ1) is 26.1. The van der Waals surface area contributed by atoms with Crippen LogP contribution in [0.1, 0.15) is 37.5 Å². The van der Waals surface area contributed by atoms with Crippen molar-refractivity contribution in [2.45, 2.75) is 42.0 Å². The van der Waals surface area contributed by atoms with Gasteiger partial charge in [0, 0.05) is 11.3 Å². The summed E-state index contributed by atoms with van der Waals surface area (Å²) in [6.45, 7) is 0.782. The summed E-state index contributed by atoms with van der Waals surface area (Å²) < 4.78 is 38.9. The van der Waals surface area contributed by atoms with E-state index >= 15 is 0 Å². The molecule has 208 valence electrons. The molecule has 5 rings (SSSR count). The highest BCUT2D eigenvalue weighted by atomic mass is 32.2. The second kappa shape index (κ2) is 9.99. The number of pyridine rings is 1. The van der Waals surface area contributed by atoms with E-state index in [4.69, 9.17) is 9.47 Å². The van der Waals surface area contributed by atoms with Gasteiger partial charge in [0.05, 0.1) is 34.8 Å². The van der Waals surface area contributed by atoms with Gasteiger partial charge in [0.15, 0.2) is 11.5 Å². The van der Waals surface area contributed by atoms with Gasteiger partial charge in [-0.05, 0) is 61.2 Å². The summed E-state index contributed by atoms with van der Waals surface area (Å²) in [5, 5.41) is 22.1. The number of ether oxygens (including phenoxy) is 2. The number of benzene rings is 2. The highest BCUT2D eigenvalue weighted by molar-refractivity contribution is 7.89. The molecule has 2 aromatic carbocycles. The minimum atomic E-state index is -3.98. The third-order valence-electron chi connectivity index (χ3n) is 7.19. The Bertz CT molecular complexity index is 1460. The number of aromatic nitrogens is 1. The molecule has 11 heteroatoms. The maximum Gasteiger partial charge on any atom is 0.241 e. The molecular weight excluding hydrogens is 510 g/mol. The number of aliphatic hydroxyl groups excluding tert-OH is 2. The Morgan fingerprint density at radius 1 is 1.05 bits per heavy atom. The van der Waals surface area contributed by atoms with Gasteiger partial charge < -0.3 is 25.0 Å². The molecule has 1 aliphatic heterocycles.